The van der Waals surface area contributed by atoms with Gasteiger partial charge < -0.3 is 15.2 Å². The first-order valence-corrected chi connectivity index (χ1v) is 7.92. The van der Waals surface area contributed by atoms with Gasteiger partial charge >= 0.3 is 5.97 Å². The summed E-state index contributed by atoms with van der Waals surface area (Å²) in [5.41, 5.74) is 1.36. The van der Waals surface area contributed by atoms with Crippen LogP contribution in [0.15, 0.2) is 48.5 Å². The van der Waals surface area contributed by atoms with Crippen LogP contribution in [-0.2, 0) is 9.59 Å². The van der Waals surface area contributed by atoms with Crippen LogP contribution in [0.1, 0.15) is 29.5 Å². The average Bonchev–Trinajstić information content (AvgIpc) is 3.41. The molecule has 2 aromatic carbocycles. The lowest BCUT2D eigenvalue weighted by Gasteiger charge is -2.15. The molecule has 1 aliphatic carbocycles. The third-order valence-electron chi connectivity index (χ3n) is 4.41. The lowest BCUT2D eigenvalue weighted by Crippen LogP contribution is -2.35. The first-order chi connectivity index (χ1) is 12.0. The molecule has 1 aliphatic rings. The Labute approximate surface area is 144 Å². The number of hydrogen-bond donors (Lipinski definition) is 2. The number of halogens is 1. The fourth-order valence-electron chi connectivity index (χ4n) is 2.90. The molecule has 1 saturated carbocycles. The predicted octanol–water partition coefficient (Wildman–Crippen LogP) is 2.88. The third kappa shape index (κ3) is 3.79. The zero-order chi connectivity index (χ0) is 18.0. The van der Waals surface area contributed by atoms with Crippen LogP contribution in [0.5, 0.6) is 5.75 Å². The van der Waals surface area contributed by atoms with Gasteiger partial charge in [-0.2, -0.15) is 0 Å². The largest absolute Gasteiger partial charge is 0.497 e. The Morgan fingerprint density at radius 2 is 1.80 bits per heavy atom. The second-order valence-electron chi connectivity index (χ2n) is 6.05. The first kappa shape index (κ1) is 17.0. The molecule has 5 nitrogen and oxygen atoms in total. The molecule has 0 radical (unpaired) electrons. The number of ether oxygens (including phenoxy) is 1. The Hall–Kier alpha value is -2.89. The number of methoxy groups -OCH3 is 1. The standard InChI is InChI=1S/C19H18FNO4/c1-25-14-8-4-12(5-9-14)17(19(23)24)21-18(22)16-10-15(16)11-2-6-13(20)7-3-11/h2-9,15-17H,10H2,1H3,(H,21,22)(H,23,24). The van der Waals surface area contributed by atoms with Crippen LogP contribution in [0.4, 0.5) is 4.39 Å². The van der Waals surface area contributed by atoms with Gasteiger partial charge in [0.05, 0.1) is 7.11 Å². The van der Waals surface area contributed by atoms with Crippen molar-refractivity contribution in [3.8, 4) is 5.75 Å². The number of benzene rings is 2. The molecule has 1 fully saturated rings. The summed E-state index contributed by atoms with van der Waals surface area (Å²) < 4.78 is 18.0. The van der Waals surface area contributed by atoms with Crippen LogP contribution in [-0.4, -0.2) is 24.1 Å². The second-order valence-corrected chi connectivity index (χ2v) is 6.05. The number of nitrogens with one attached hydrogen (secondary N) is 1. The number of aliphatic carboxylic acids is 1. The maximum Gasteiger partial charge on any atom is 0.330 e. The number of carboxylic acids is 1. The van der Waals surface area contributed by atoms with Crippen molar-refractivity contribution in [3.05, 3.63) is 65.5 Å². The number of amides is 1. The number of carboxylic acid groups (broad SMARTS) is 1. The van der Waals surface area contributed by atoms with E-state index in [-0.39, 0.29) is 23.6 Å². The van der Waals surface area contributed by atoms with E-state index in [4.69, 9.17) is 4.74 Å². The van der Waals surface area contributed by atoms with Crippen LogP contribution in [0.2, 0.25) is 0 Å². The molecular formula is C19H18FNO4. The van der Waals surface area contributed by atoms with E-state index in [2.05, 4.69) is 5.32 Å². The van der Waals surface area contributed by atoms with E-state index >= 15 is 0 Å². The highest BCUT2D eigenvalue weighted by molar-refractivity contribution is 5.88. The summed E-state index contributed by atoms with van der Waals surface area (Å²) in [5.74, 6) is -1.43. The normalized spacial score (nSPS) is 19.8. The Morgan fingerprint density at radius 1 is 1.16 bits per heavy atom. The van der Waals surface area contributed by atoms with Crippen molar-refractivity contribution >= 4 is 11.9 Å². The van der Waals surface area contributed by atoms with Crippen molar-refractivity contribution in [2.75, 3.05) is 7.11 Å². The summed E-state index contributed by atoms with van der Waals surface area (Å²) in [6.45, 7) is 0. The minimum absolute atomic E-state index is 0.00547. The van der Waals surface area contributed by atoms with Crippen LogP contribution in [0.3, 0.4) is 0 Å². The molecule has 0 spiro atoms. The van der Waals surface area contributed by atoms with Gasteiger partial charge in [-0.15, -0.1) is 0 Å². The summed E-state index contributed by atoms with van der Waals surface area (Å²) >= 11 is 0. The van der Waals surface area contributed by atoms with Gasteiger partial charge in [0, 0.05) is 5.92 Å². The quantitative estimate of drug-likeness (QED) is 0.846. The molecule has 0 aliphatic heterocycles. The molecule has 0 saturated heterocycles. The highest BCUT2D eigenvalue weighted by atomic mass is 19.1. The fourth-order valence-corrected chi connectivity index (χ4v) is 2.90. The summed E-state index contributed by atoms with van der Waals surface area (Å²) in [7, 11) is 1.52. The van der Waals surface area contributed by atoms with Gasteiger partial charge in [0.2, 0.25) is 5.91 Å². The number of carbonyl (C=O) groups is 2. The molecule has 3 atom stereocenters. The van der Waals surface area contributed by atoms with Gasteiger partial charge in [-0.1, -0.05) is 24.3 Å². The van der Waals surface area contributed by atoms with Crippen molar-refractivity contribution in [3.63, 3.8) is 0 Å². The summed E-state index contributed by atoms with van der Waals surface area (Å²) in [5, 5.41) is 12.0. The zero-order valence-corrected chi connectivity index (χ0v) is 13.6. The first-order valence-electron chi connectivity index (χ1n) is 7.92. The van der Waals surface area contributed by atoms with Crippen LogP contribution >= 0.6 is 0 Å². The molecule has 2 N–H and O–H groups in total. The highest BCUT2D eigenvalue weighted by Gasteiger charge is 2.44. The minimum Gasteiger partial charge on any atom is -0.497 e. The number of hydrogen-bond acceptors (Lipinski definition) is 3. The zero-order valence-electron chi connectivity index (χ0n) is 13.6. The van der Waals surface area contributed by atoms with Crippen LogP contribution < -0.4 is 10.1 Å². The lowest BCUT2D eigenvalue weighted by molar-refractivity contribution is -0.142. The lowest BCUT2D eigenvalue weighted by atomic mass is 10.1. The van der Waals surface area contributed by atoms with Gasteiger partial charge in [-0.05, 0) is 47.7 Å². The van der Waals surface area contributed by atoms with E-state index in [1.54, 1.807) is 36.4 Å². The molecule has 0 aromatic heterocycles. The molecule has 2 aromatic rings. The highest BCUT2D eigenvalue weighted by Crippen LogP contribution is 2.47. The van der Waals surface area contributed by atoms with E-state index in [1.807, 2.05) is 0 Å². The van der Waals surface area contributed by atoms with Gasteiger partial charge in [-0.25, -0.2) is 9.18 Å². The van der Waals surface area contributed by atoms with Gasteiger partial charge in [0.1, 0.15) is 11.6 Å². The molecule has 1 amide bonds. The fraction of sp³-hybridized carbons (Fsp3) is 0.263. The maximum atomic E-state index is 13.0. The Balaban J connectivity index is 1.67. The summed E-state index contributed by atoms with van der Waals surface area (Å²) in [4.78, 5) is 23.9. The molecule has 130 valence electrons. The van der Waals surface area contributed by atoms with Crippen molar-refractivity contribution in [2.45, 2.75) is 18.4 Å². The maximum absolute atomic E-state index is 13.0. The molecule has 3 rings (SSSR count). The third-order valence-corrected chi connectivity index (χ3v) is 4.41. The Morgan fingerprint density at radius 3 is 2.36 bits per heavy atom. The van der Waals surface area contributed by atoms with Crippen molar-refractivity contribution < 1.29 is 23.8 Å². The SMILES string of the molecule is COc1ccc(C(NC(=O)C2CC2c2ccc(F)cc2)C(=O)O)cc1. The average molecular weight is 343 g/mol. The predicted molar refractivity (Wildman–Crippen MR) is 88.8 cm³/mol. The molecule has 0 bridgehead atoms. The van der Waals surface area contributed by atoms with E-state index in [9.17, 15) is 19.1 Å². The topological polar surface area (TPSA) is 75.6 Å². The van der Waals surface area contributed by atoms with Gasteiger partial charge in [-0.3, -0.25) is 4.79 Å². The summed E-state index contributed by atoms with van der Waals surface area (Å²) in [6.07, 6.45) is 0.631. The molecule has 6 heteroatoms. The number of carbonyl (C=O) groups excluding carboxylic acids is 1. The number of rotatable bonds is 6. The van der Waals surface area contributed by atoms with E-state index in [0.29, 0.717) is 17.7 Å². The minimum atomic E-state index is -1.13. The molecule has 0 heterocycles. The second kappa shape index (κ2) is 6.93. The van der Waals surface area contributed by atoms with Crippen molar-refractivity contribution in [1.29, 1.82) is 0 Å². The van der Waals surface area contributed by atoms with E-state index in [1.165, 1.54) is 19.2 Å². The van der Waals surface area contributed by atoms with E-state index in [0.717, 1.165) is 5.56 Å². The molecule has 3 unspecified atom stereocenters. The van der Waals surface area contributed by atoms with Crippen LogP contribution in [0, 0.1) is 11.7 Å². The molecular weight excluding hydrogens is 325 g/mol. The van der Waals surface area contributed by atoms with E-state index < -0.39 is 12.0 Å². The Bertz CT molecular complexity index is 773. The monoisotopic (exact) mass is 343 g/mol. The van der Waals surface area contributed by atoms with Gasteiger partial charge in [0.15, 0.2) is 6.04 Å². The molecule has 25 heavy (non-hydrogen) atoms. The van der Waals surface area contributed by atoms with Crippen molar-refractivity contribution in [2.24, 2.45) is 5.92 Å². The smallest absolute Gasteiger partial charge is 0.330 e. The van der Waals surface area contributed by atoms with Crippen LogP contribution in [0.25, 0.3) is 0 Å². The summed E-state index contributed by atoms with van der Waals surface area (Å²) in [6, 6.07) is 11.4. The Kier molecular flexibility index (Phi) is 4.70. The van der Waals surface area contributed by atoms with Crippen molar-refractivity contribution in [1.82, 2.24) is 5.32 Å². The van der Waals surface area contributed by atoms with Gasteiger partial charge in [0.25, 0.3) is 0 Å².